The summed E-state index contributed by atoms with van der Waals surface area (Å²) in [6.45, 7) is 15.6. The Morgan fingerprint density at radius 2 is 1.82 bits per heavy atom. The maximum absolute atomic E-state index is 12.5. The zero-order valence-electron chi connectivity index (χ0n) is 15.2. The first-order valence-electron chi connectivity index (χ1n) is 8.29. The molecule has 22 heavy (non-hydrogen) atoms. The molecule has 0 aromatic rings. The van der Waals surface area contributed by atoms with E-state index in [1.807, 2.05) is 39.5 Å². The molecule has 0 saturated carbocycles. The van der Waals surface area contributed by atoms with Gasteiger partial charge in [0, 0.05) is 25.6 Å². The summed E-state index contributed by atoms with van der Waals surface area (Å²) in [5.41, 5.74) is -0.486. The molecular formula is C17H32N2O3. The molecule has 0 aromatic heterocycles. The van der Waals surface area contributed by atoms with Crippen LogP contribution >= 0.6 is 0 Å². The summed E-state index contributed by atoms with van der Waals surface area (Å²) in [4.78, 5) is 28.3. The quantitative estimate of drug-likeness (QED) is 0.801. The van der Waals surface area contributed by atoms with Gasteiger partial charge in [0.05, 0.1) is 6.04 Å². The van der Waals surface area contributed by atoms with E-state index in [0.717, 1.165) is 13.0 Å². The van der Waals surface area contributed by atoms with Gasteiger partial charge in [-0.25, -0.2) is 4.79 Å². The Morgan fingerprint density at radius 3 is 2.27 bits per heavy atom. The van der Waals surface area contributed by atoms with Crippen molar-refractivity contribution in [3.05, 3.63) is 0 Å². The molecule has 5 nitrogen and oxygen atoms in total. The van der Waals surface area contributed by atoms with Gasteiger partial charge < -0.3 is 14.5 Å². The highest BCUT2D eigenvalue weighted by Crippen LogP contribution is 2.21. The van der Waals surface area contributed by atoms with Crippen LogP contribution in [0.2, 0.25) is 0 Å². The van der Waals surface area contributed by atoms with Crippen LogP contribution in [0.3, 0.4) is 0 Å². The van der Waals surface area contributed by atoms with E-state index in [-0.39, 0.29) is 24.0 Å². The summed E-state index contributed by atoms with van der Waals surface area (Å²) in [5, 5.41) is 0. The maximum atomic E-state index is 12.5. The van der Waals surface area contributed by atoms with Crippen molar-refractivity contribution in [1.29, 1.82) is 0 Å². The van der Waals surface area contributed by atoms with Gasteiger partial charge >= 0.3 is 6.09 Å². The summed E-state index contributed by atoms with van der Waals surface area (Å²) >= 11 is 0. The van der Waals surface area contributed by atoms with Crippen molar-refractivity contribution in [3.63, 3.8) is 0 Å². The van der Waals surface area contributed by atoms with E-state index in [9.17, 15) is 9.59 Å². The molecule has 1 unspecified atom stereocenters. The van der Waals surface area contributed by atoms with Crippen LogP contribution in [0.4, 0.5) is 4.79 Å². The van der Waals surface area contributed by atoms with Gasteiger partial charge in [-0.2, -0.15) is 0 Å². The molecule has 0 N–H and O–H groups in total. The zero-order valence-corrected chi connectivity index (χ0v) is 15.2. The highest BCUT2D eigenvalue weighted by Gasteiger charge is 2.35. The van der Waals surface area contributed by atoms with E-state index in [0.29, 0.717) is 19.0 Å². The van der Waals surface area contributed by atoms with Gasteiger partial charge in [-0.15, -0.1) is 0 Å². The van der Waals surface area contributed by atoms with Crippen LogP contribution in [0.15, 0.2) is 0 Å². The van der Waals surface area contributed by atoms with E-state index in [1.165, 1.54) is 0 Å². The largest absolute Gasteiger partial charge is 0.444 e. The highest BCUT2D eigenvalue weighted by atomic mass is 16.6. The van der Waals surface area contributed by atoms with Crippen molar-refractivity contribution in [2.45, 2.75) is 66.5 Å². The number of amides is 2. The first-order valence-corrected chi connectivity index (χ1v) is 8.29. The van der Waals surface area contributed by atoms with Gasteiger partial charge in [0.25, 0.3) is 0 Å². The van der Waals surface area contributed by atoms with Crippen LogP contribution in [0.25, 0.3) is 0 Å². The van der Waals surface area contributed by atoms with Gasteiger partial charge in [-0.3, -0.25) is 4.79 Å². The van der Waals surface area contributed by atoms with E-state index < -0.39 is 5.60 Å². The number of ether oxygens (including phenoxy) is 1. The number of rotatable bonds is 4. The summed E-state index contributed by atoms with van der Waals surface area (Å²) in [7, 11) is 0. The van der Waals surface area contributed by atoms with E-state index in [4.69, 9.17) is 4.74 Å². The fraction of sp³-hybridized carbons (Fsp3) is 0.882. The molecule has 0 spiro atoms. The number of hydrogen-bond donors (Lipinski definition) is 0. The Hall–Kier alpha value is -1.26. The Labute approximate surface area is 135 Å². The van der Waals surface area contributed by atoms with Gasteiger partial charge in [0.1, 0.15) is 5.60 Å². The number of hydrogen-bond acceptors (Lipinski definition) is 3. The summed E-state index contributed by atoms with van der Waals surface area (Å²) < 4.78 is 5.42. The van der Waals surface area contributed by atoms with Crippen molar-refractivity contribution in [3.8, 4) is 0 Å². The lowest BCUT2D eigenvalue weighted by molar-refractivity contribution is -0.137. The minimum absolute atomic E-state index is 0.0191. The fourth-order valence-corrected chi connectivity index (χ4v) is 2.63. The molecule has 1 atom stereocenters. The minimum Gasteiger partial charge on any atom is -0.444 e. The molecule has 0 bridgehead atoms. The Morgan fingerprint density at radius 1 is 1.23 bits per heavy atom. The zero-order chi connectivity index (χ0) is 17.1. The van der Waals surface area contributed by atoms with Gasteiger partial charge in [-0.1, -0.05) is 27.7 Å². The molecule has 1 aliphatic rings. The monoisotopic (exact) mass is 312 g/mol. The maximum Gasteiger partial charge on any atom is 0.410 e. The summed E-state index contributed by atoms with van der Waals surface area (Å²) in [5.74, 6) is 0.567. The molecule has 2 amide bonds. The lowest BCUT2D eigenvalue weighted by Gasteiger charge is -2.32. The number of carbonyl (C=O) groups excluding carboxylic acids is 2. The third-order valence-electron chi connectivity index (χ3n) is 3.59. The summed E-state index contributed by atoms with van der Waals surface area (Å²) in [6, 6.07) is 0.102. The van der Waals surface area contributed by atoms with Crippen molar-refractivity contribution in [2.24, 2.45) is 11.8 Å². The van der Waals surface area contributed by atoms with Crippen LogP contribution in [-0.4, -0.2) is 53.1 Å². The average Bonchev–Trinajstić information content (AvgIpc) is 2.82. The number of likely N-dealkylation sites (tertiary alicyclic amines) is 1. The molecule has 1 rings (SSSR count). The average molecular weight is 312 g/mol. The topological polar surface area (TPSA) is 49.9 Å². The molecular weight excluding hydrogens is 280 g/mol. The molecule has 128 valence electrons. The van der Waals surface area contributed by atoms with Crippen LogP contribution < -0.4 is 0 Å². The van der Waals surface area contributed by atoms with Gasteiger partial charge in [0.15, 0.2) is 0 Å². The third kappa shape index (κ3) is 5.50. The number of nitrogens with zero attached hydrogens (tertiary/aromatic N) is 2. The molecule has 1 aliphatic heterocycles. The Kier molecular flexibility index (Phi) is 6.27. The Bertz CT molecular complexity index is 399. The summed E-state index contributed by atoms with van der Waals surface area (Å²) in [6.07, 6.45) is 0.543. The smallest absolute Gasteiger partial charge is 0.410 e. The van der Waals surface area contributed by atoms with Gasteiger partial charge in [0.2, 0.25) is 5.91 Å². The fourth-order valence-electron chi connectivity index (χ4n) is 2.63. The van der Waals surface area contributed by atoms with Crippen LogP contribution in [0, 0.1) is 11.8 Å². The molecule has 1 fully saturated rings. The van der Waals surface area contributed by atoms with Crippen LogP contribution in [-0.2, 0) is 9.53 Å². The van der Waals surface area contributed by atoms with Crippen molar-refractivity contribution in [2.75, 3.05) is 19.6 Å². The first kappa shape index (κ1) is 18.8. The van der Waals surface area contributed by atoms with E-state index in [1.54, 1.807) is 4.90 Å². The predicted molar refractivity (Wildman–Crippen MR) is 87.6 cm³/mol. The number of carbonyl (C=O) groups is 2. The third-order valence-corrected chi connectivity index (χ3v) is 3.59. The second-order valence-corrected chi connectivity index (χ2v) is 7.91. The van der Waals surface area contributed by atoms with Crippen LogP contribution in [0.1, 0.15) is 54.9 Å². The van der Waals surface area contributed by atoms with Crippen LogP contribution in [0.5, 0.6) is 0 Å². The van der Waals surface area contributed by atoms with Crippen molar-refractivity contribution < 1.29 is 14.3 Å². The molecule has 5 heteroatoms. The second kappa shape index (κ2) is 7.34. The molecule has 0 aliphatic carbocycles. The standard InChI is InChI=1S/C17H32N2O3/c1-12(2)10-19(15(20)13(3)4)14-8-9-18(11-14)16(21)22-17(5,6)7/h12-14H,8-11H2,1-7H3. The Balaban J connectivity index is 2.72. The van der Waals surface area contributed by atoms with E-state index in [2.05, 4.69) is 13.8 Å². The van der Waals surface area contributed by atoms with Crippen molar-refractivity contribution in [1.82, 2.24) is 9.80 Å². The first-order chi connectivity index (χ1) is 10.0. The molecule has 0 radical (unpaired) electrons. The normalized spacial score (nSPS) is 19.0. The SMILES string of the molecule is CC(C)CN(C(=O)C(C)C)C1CCN(C(=O)OC(C)(C)C)C1. The predicted octanol–water partition coefficient (Wildman–Crippen LogP) is 3.14. The van der Waals surface area contributed by atoms with Gasteiger partial charge in [-0.05, 0) is 33.1 Å². The minimum atomic E-state index is -0.486. The lowest BCUT2D eigenvalue weighted by atomic mass is 10.1. The molecule has 1 saturated heterocycles. The molecule has 1 heterocycles. The lowest BCUT2D eigenvalue weighted by Crippen LogP contribution is -2.46. The highest BCUT2D eigenvalue weighted by molar-refractivity contribution is 5.78. The van der Waals surface area contributed by atoms with Crippen molar-refractivity contribution >= 4 is 12.0 Å². The second-order valence-electron chi connectivity index (χ2n) is 7.91. The molecule has 0 aromatic carbocycles. The van der Waals surface area contributed by atoms with E-state index >= 15 is 0 Å².